The second-order valence-electron chi connectivity index (χ2n) is 6.10. The van der Waals surface area contributed by atoms with Gasteiger partial charge in [0.15, 0.2) is 0 Å². The highest BCUT2D eigenvalue weighted by atomic mass is 35.5. The Morgan fingerprint density at radius 2 is 2.16 bits per heavy atom. The molecule has 1 aromatic carbocycles. The fourth-order valence-corrected chi connectivity index (χ4v) is 3.44. The van der Waals surface area contributed by atoms with Crippen molar-refractivity contribution in [1.82, 2.24) is 0 Å². The van der Waals surface area contributed by atoms with Crippen LogP contribution in [0.3, 0.4) is 0 Å². The van der Waals surface area contributed by atoms with E-state index < -0.39 is 0 Å². The van der Waals surface area contributed by atoms with Crippen LogP contribution in [0.15, 0.2) is 18.2 Å². The molecule has 1 fully saturated rings. The van der Waals surface area contributed by atoms with Gasteiger partial charge in [-0.25, -0.2) is 0 Å². The highest BCUT2D eigenvalue weighted by Gasteiger charge is 2.26. The van der Waals surface area contributed by atoms with Crippen LogP contribution in [0.2, 0.25) is 5.02 Å². The van der Waals surface area contributed by atoms with Gasteiger partial charge in [-0.15, -0.1) is 0 Å². The average molecular weight is 281 g/mol. The predicted octanol–water partition coefficient (Wildman–Crippen LogP) is 3.85. The second kappa shape index (κ2) is 6.15. The third-order valence-electron chi connectivity index (χ3n) is 4.04. The normalized spacial score (nSPS) is 25.4. The molecule has 0 bridgehead atoms. The minimum atomic E-state index is 0.163. The van der Waals surface area contributed by atoms with Crippen LogP contribution in [0.4, 0.5) is 5.69 Å². The van der Waals surface area contributed by atoms with Gasteiger partial charge in [0.05, 0.1) is 10.7 Å². The lowest BCUT2D eigenvalue weighted by molar-refractivity contribution is 0.377. The van der Waals surface area contributed by atoms with Crippen molar-refractivity contribution in [3.05, 3.63) is 28.8 Å². The first-order chi connectivity index (χ1) is 8.99. The Hall–Kier alpha value is -0.730. The molecule has 1 aliphatic rings. The van der Waals surface area contributed by atoms with Gasteiger partial charge in [0, 0.05) is 18.6 Å². The van der Waals surface area contributed by atoms with Gasteiger partial charge in [-0.1, -0.05) is 30.7 Å². The maximum Gasteiger partial charge on any atom is 0.0642 e. The zero-order valence-corrected chi connectivity index (χ0v) is 13.0. The van der Waals surface area contributed by atoms with Crippen molar-refractivity contribution in [2.75, 3.05) is 11.4 Å². The Bertz CT molecular complexity index is 431. The van der Waals surface area contributed by atoms with Crippen molar-refractivity contribution < 1.29 is 0 Å². The number of hydrogen-bond donors (Lipinski definition) is 1. The molecule has 0 amide bonds. The predicted molar refractivity (Wildman–Crippen MR) is 84.0 cm³/mol. The summed E-state index contributed by atoms with van der Waals surface area (Å²) >= 11 is 6.47. The number of hydrogen-bond acceptors (Lipinski definition) is 2. The first-order valence-corrected chi connectivity index (χ1v) is 7.66. The first-order valence-electron chi connectivity index (χ1n) is 7.28. The molecule has 1 heterocycles. The molecule has 0 radical (unpaired) electrons. The lowest BCUT2D eigenvalue weighted by Crippen LogP contribution is -2.41. The summed E-state index contributed by atoms with van der Waals surface area (Å²) in [4.78, 5) is 2.47. The van der Waals surface area contributed by atoms with Crippen LogP contribution in [0.25, 0.3) is 0 Å². The van der Waals surface area contributed by atoms with Crippen LogP contribution < -0.4 is 10.6 Å². The van der Waals surface area contributed by atoms with E-state index in [2.05, 4.69) is 24.8 Å². The van der Waals surface area contributed by atoms with E-state index in [0.717, 1.165) is 23.9 Å². The maximum atomic E-state index is 6.47. The molecule has 3 unspecified atom stereocenters. The van der Waals surface area contributed by atoms with Crippen LogP contribution in [-0.2, 0) is 6.42 Å². The highest BCUT2D eigenvalue weighted by molar-refractivity contribution is 6.33. The Morgan fingerprint density at radius 1 is 1.42 bits per heavy atom. The number of rotatable bonds is 3. The summed E-state index contributed by atoms with van der Waals surface area (Å²) in [7, 11) is 0. The Morgan fingerprint density at radius 3 is 2.79 bits per heavy atom. The summed E-state index contributed by atoms with van der Waals surface area (Å²) < 4.78 is 0. The van der Waals surface area contributed by atoms with E-state index in [-0.39, 0.29) is 6.04 Å². The number of piperidine rings is 1. The molecule has 0 saturated carbocycles. The molecule has 0 aromatic heterocycles. The molecule has 0 spiro atoms. The Kier molecular flexibility index (Phi) is 4.75. The summed E-state index contributed by atoms with van der Waals surface area (Å²) in [5.41, 5.74) is 8.46. The Labute approximate surface area is 121 Å². The van der Waals surface area contributed by atoms with Gasteiger partial charge in [0.25, 0.3) is 0 Å². The third-order valence-corrected chi connectivity index (χ3v) is 4.34. The van der Waals surface area contributed by atoms with Crippen molar-refractivity contribution in [3.63, 3.8) is 0 Å². The van der Waals surface area contributed by atoms with Crippen LogP contribution in [0.5, 0.6) is 0 Å². The fraction of sp³-hybridized carbons (Fsp3) is 0.625. The second-order valence-corrected chi connectivity index (χ2v) is 6.51. The Balaban J connectivity index is 2.32. The molecule has 2 N–H and O–H groups in total. The lowest BCUT2D eigenvalue weighted by Gasteiger charge is -2.40. The number of halogens is 1. The third kappa shape index (κ3) is 3.43. The van der Waals surface area contributed by atoms with E-state index in [4.69, 9.17) is 17.3 Å². The smallest absolute Gasteiger partial charge is 0.0642 e. The number of nitrogens with two attached hydrogens (primary N) is 1. The fourth-order valence-electron chi connectivity index (χ4n) is 3.13. The van der Waals surface area contributed by atoms with Gasteiger partial charge < -0.3 is 10.6 Å². The van der Waals surface area contributed by atoms with E-state index in [0.29, 0.717) is 6.04 Å². The lowest BCUT2D eigenvalue weighted by atomic mass is 9.92. The molecule has 3 atom stereocenters. The van der Waals surface area contributed by atoms with Crippen LogP contribution in [0.1, 0.15) is 39.2 Å². The van der Waals surface area contributed by atoms with E-state index >= 15 is 0 Å². The van der Waals surface area contributed by atoms with Crippen molar-refractivity contribution in [3.8, 4) is 0 Å². The van der Waals surface area contributed by atoms with E-state index in [1.807, 2.05) is 19.1 Å². The van der Waals surface area contributed by atoms with Gasteiger partial charge >= 0.3 is 0 Å². The summed E-state index contributed by atoms with van der Waals surface area (Å²) in [5.74, 6) is 0.811. The van der Waals surface area contributed by atoms with Gasteiger partial charge in [-0.2, -0.15) is 0 Å². The number of benzene rings is 1. The van der Waals surface area contributed by atoms with E-state index in [9.17, 15) is 0 Å². The van der Waals surface area contributed by atoms with Gasteiger partial charge in [0.1, 0.15) is 0 Å². The molecule has 19 heavy (non-hydrogen) atoms. The summed E-state index contributed by atoms with van der Waals surface area (Å²) in [6, 6.07) is 6.90. The number of anilines is 1. The van der Waals surface area contributed by atoms with Crippen molar-refractivity contribution in [2.24, 2.45) is 11.7 Å². The quantitative estimate of drug-likeness (QED) is 0.911. The molecule has 3 heteroatoms. The SMILES string of the molecule is CC(N)Cc1cccc(Cl)c1N1CCC(C)CC1C. The molecule has 2 nitrogen and oxygen atoms in total. The van der Waals surface area contributed by atoms with Crippen molar-refractivity contribution in [2.45, 2.75) is 52.1 Å². The monoisotopic (exact) mass is 280 g/mol. The topological polar surface area (TPSA) is 29.3 Å². The molecular formula is C16H25ClN2. The average Bonchev–Trinajstić information content (AvgIpc) is 2.30. The zero-order valence-electron chi connectivity index (χ0n) is 12.2. The largest absolute Gasteiger partial charge is 0.367 e. The summed E-state index contributed by atoms with van der Waals surface area (Å²) in [6.45, 7) is 7.78. The van der Waals surface area contributed by atoms with Gasteiger partial charge in [-0.05, 0) is 50.7 Å². The van der Waals surface area contributed by atoms with Crippen LogP contribution >= 0.6 is 11.6 Å². The molecule has 106 valence electrons. The molecule has 1 aromatic rings. The molecule has 0 aliphatic carbocycles. The van der Waals surface area contributed by atoms with Crippen LogP contribution in [-0.4, -0.2) is 18.6 Å². The van der Waals surface area contributed by atoms with E-state index in [1.54, 1.807) is 0 Å². The number of para-hydroxylation sites is 1. The maximum absolute atomic E-state index is 6.47. The van der Waals surface area contributed by atoms with Crippen molar-refractivity contribution in [1.29, 1.82) is 0 Å². The molecule has 1 aliphatic heterocycles. The summed E-state index contributed by atoms with van der Waals surface area (Å²) in [6.07, 6.45) is 3.37. The zero-order chi connectivity index (χ0) is 14.0. The number of nitrogens with zero attached hydrogens (tertiary/aromatic N) is 1. The molecular weight excluding hydrogens is 256 g/mol. The highest BCUT2D eigenvalue weighted by Crippen LogP contribution is 2.36. The standard InChI is InChI=1S/C16H25ClN2/c1-11-7-8-19(13(3)9-11)16-14(10-12(2)18)5-4-6-15(16)17/h4-6,11-13H,7-10,18H2,1-3H3. The van der Waals surface area contributed by atoms with Gasteiger partial charge in [0.2, 0.25) is 0 Å². The molecule has 1 saturated heterocycles. The van der Waals surface area contributed by atoms with Crippen LogP contribution in [0, 0.1) is 5.92 Å². The minimum absolute atomic E-state index is 0.163. The molecule has 2 rings (SSSR count). The van der Waals surface area contributed by atoms with Gasteiger partial charge in [-0.3, -0.25) is 0 Å². The van der Waals surface area contributed by atoms with Crippen molar-refractivity contribution >= 4 is 17.3 Å². The minimum Gasteiger partial charge on any atom is -0.367 e. The van der Waals surface area contributed by atoms with E-state index in [1.165, 1.54) is 24.1 Å². The first kappa shape index (κ1) is 14.7. The summed E-state index contributed by atoms with van der Waals surface area (Å²) in [5, 5.41) is 0.861.